The number of esters is 1. The molecule has 1 aliphatic rings. The molecule has 0 amide bonds. The van der Waals surface area contributed by atoms with Gasteiger partial charge < -0.3 is 4.74 Å². The molecule has 0 bridgehead atoms. The van der Waals surface area contributed by atoms with E-state index in [9.17, 15) is 20.6 Å². The molecule has 0 saturated heterocycles. The summed E-state index contributed by atoms with van der Waals surface area (Å²) >= 11 is 0. The predicted octanol–water partition coefficient (Wildman–Crippen LogP) is 1.50. The largest absolute Gasteiger partial charge is 0.468 e. The van der Waals surface area contributed by atoms with E-state index in [1.807, 2.05) is 18.2 Å². The van der Waals surface area contributed by atoms with Crippen molar-refractivity contribution in [3.05, 3.63) is 35.9 Å². The van der Waals surface area contributed by atoms with Crippen LogP contribution in [0.25, 0.3) is 0 Å². The van der Waals surface area contributed by atoms with E-state index < -0.39 is 22.7 Å². The second kappa shape index (κ2) is 4.12. The van der Waals surface area contributed by atoms with Crippen LogP contribution in [0.4, 0.5) is 0 Å². The van der Waals surface area contributed by atoms with Crippen molar-refractivity contribution < 1.29 is 9.53 Å². The number of hydrogen-bond acceptors (Lipinski definition) is 5. The number of methoxy groups -OCH3 is 1. The van der Waals surface area contributed by atoms with Crippen LogP contribution in [-0.2, 0) is 9.53 Å². The van der Waals surface area contributed by atoms with Crippen LogP contribution < -0.4 is 0 Å². The van der Waals surface area contributed by atoms with Crippen LogP contribution in [0.1, 0.15) is 11.5 Å². The number of rotatable bonds is 2. The van der Waals surface area contributed by atoms with Crippen molar-refractivity contribution in [3.63, 3.8) is 0 Å². The summed E-state index contributed by atoms with van der Waals surface area (Å²) in [4.78, 5) is 11.9. The normalized spacial score (nSPS) is 26.3. The predicted molar refractivity (Wildman–Crippen MR) is 62.9 cm³/mol. The Hall–Kier alpha value is -2.84. The Balaban J connectivity index is 2.63. The topological polar surface area (TPSA) is 97.7 Å². The summed E-state index contributed by atoms with van der Waals surface area (Å²) in [6.45, 7) is 0. The fraction of sp³-hybridized carbons (Fsp3) is 0.286. The highest BCUT2D eigenvalue weighted by atomic mass is 16.5. The van der Waals surface area contributed by atoms with Gasteiger partial charge in [0.2, 0.25) is 0 Å². The quantitative estimate of drug-likeness (QED) is 0.742. The lowest BCUT2D eigenvalue weighted by Crippen LogP contribution is -2.22. The Morgan fingerprint density at radius 2 is 1.74 bits per heavy atom. The number of nitriles is 3. The average molecular weight is 251 g/mol. The molecule has 2 rings (SSSR count). The monoisotopic (exact) mass is 251 g/mol. The van der Waals surface area contributed by atoms with Crippen molar-refractivity contribution in [2.45, 2.75) is 5.92 Å². The van der Waals surface area contributed by atoms with Crippen molar-refractivity contribution in [1.82, 2.24) is 0 Å². The lowest BCUT2D eigenvalue weighted by atomic mass is 9.97. The maximum absolute atomic E-state index is 11.9. The molecule has 0 unspecified atom stereocenters. The minimum Gasteiger partial charge on any atom is -0.468 e. The van der Waals surface area contributed by atoms with Crippen LogP contribution >= 0.6 is 0 Å². The van der Waals surface area contributed by atoms with Gasteiger partial charge in [-0.15, -0.1) is 0 Å². The molecule has 19 heavy (non-hydrogen) atoms. The summed E-state index contributed by atoms with van der Waals surface area (Å²) in [5.41, 5.74) is -2.82. The van der Waals surface area contributed by atoms with Crippen LogP contribution in [0.2, 0.25) is 0 Å². The third-order valence-electron chi connectivity index (χ3n) is 3.57. The van der Waals surface area contributed by atoms with Gasteiger partial charge in [0.15, 0.2) is 10.8 Å². The molecule has 0 heterocycles. The van der Waals surface area contributed by atoms with Crippen molar-refractivity contribution in [1.29, 1.82) is 15.8 Å². The fourth-order valence-corrected chi connectivity index (χ4v) is 2.59. The number of hydrogen-bond donors (Lipinski definition) is 0. The van der Waals surface area contributed by atoms with E-state index in [1.165, 1.54) is 0 Å². The molecule has 5 heteroatoms. The van der Waals surface area contributed by atoms with E-state index in [4.69, 9.17) is 0 Å². The molecule has 0 radical (unpaired) electrons. The van der Waals surface area contributed by atoms with Gasteiger partial charge in [0.1, 0.15) is 0 Å². The second-order valence-electron chi connectivity index (χ2n) is 4.29. The number of carbonyl (C=O) groups is 1. The lowest BCUT2D eigenvalue weighted by molar-refractivity contribution is -0.145. The van der Waals surface area contributed by atoms with E-state index in [0.29, 0.717) is 5.56 Å². The molecule has 0 aliphatic heterocycles. The Bertz CT molecular complexity index is 634. The van der Waals surface area contributed by atoms with Gasteiger partial charge in [0.05, 0.1) is 31.2 Å². The third-order valence-corrected chi connectivity index (χ3v) is 3.57. The SMILES string of the molecule is COC(=O)[C@]1(C#N)[C@@H](c2ccccc2)C1(C#N)C#N. The minimum absolute atomic E-state index is 0.609. The summed E-state index contributed by atoms with van der Waals surface area (Å²) in [7, 11) is 1.14. The highest BCUT2D eigenvalue weighted by molar-refractivity contribution is 5.91. The van der Waals surface area contributed by atoms with Gasteiger partial charge in [-0.25, -0.2) is 0 Å². The van der Waals surface area contributed by atoms with Gasteiger partial charge in [-0.2, -0.15) is 15.8 Å². The minimum atomic E-state index is -1.74. The molecule has 0 N–H and O–H groups in total. The average Bonchev–Trinajstić information content (AvgIpc) is 3.11. The summed E-state index contributed by atoms with van der Waals surface area (Å²) in [6, 6.07) is 14.1. The van der Waals surface area contributed by atoms with Gasteiger partial charge in [0, 0.05) is 0 Å². The van der Waals surface area contributed by atoms with Crippen molar-refractivity contribution in [3.8, 4) is 18.2 Å². The van der Waals surface area contributed by atoms with E-state index in [-0.39, 0.29) is 0 Å². The number of benzene rings is 1. The van der Waals surface area contributed by atoms with E-state index in [1.54, 1.807) is 30.3 Å². The Morgan fingerprint density at radius 1 is 1.16 bits per heavy atom. The molecule has 1 saturated carbocycles. The summed E-state index contributed by atoms with van der Waals surface area (Å²) in [5.74, 6) is -1.62. The van der Waals surface area contributed by atoms with E-state index >= 15 is 0 Å². The highest BCUT2D eigenvalue weighted by Crippen LogP contribution is 2.74. The Morgan fingerprint density at radius 3 is 2.16 bits per heavy atom. The van der Waals surface area contributed by atoms with Crippen LogP contribution in [-0.4, -0.2) is 13.1 Å². The first-order valence-corrected chi connectivity index (χ1v) is 5.51. The number of nitrogens with zero attached hydrogens (tertiary/aromatic N) is 3. The zero-order valence-corrected chi connectivity index (χ0v) is 10.1. The first-order valence-electron chi connectivity index (χ1n) is 5.51. The Labute approximate surface area is 110 Å². The van der Waals surface area contributed by atoms with Gasteiger partial charge in [-0.3, -0.25) is 4.79 Å². The lowest BCUT2D eigenvalue weighted by Gasteiger charge is -2.05. The molecule has 0 aromatic heterocycles. The maximum atomic E-state index is 11.9. The summed E-state index contributed by atoms with van der Waals surface area (Å²) < 4.78 is 4.62. The van der Waals surface area contributed by atoms with Gasteiger partial charge in [-0.05, 0) is 5.56 Å². The van der Waals surface area contributed by atoms with E-state index in [0.717, 1.165) is 7.11 Å². The van der Waals surface area contributed by atoms with Crippen LogP contribution in [0.5, 0.6) is 0 Å². The highest BCUT2D eigenvalue weighted by Gasteiger charge is 2.85. The summed E-state index contributed by atoms with van der Waals surface area (Å²) in [6.07, 6.45) is 0. The van der Waals surface area contributed by atoms with Crippen LogP contribution in [0.3, 0.4) is 0 Å². The smallest absolute Gasteiger partial charge is 0.329 e. The zero-order valence-electron chi connectivity index (χ0n) is 10.1. The zero-order chi connectivity index (χ0) is 14.1. The molecule has 1 aromatic rings. The molecule has 5 nitrogen and oxygen atoms in total. The van der Waals surface area contributed by atoms with Crippen molar-refractivity contribution >= 4 is 5.97 Å². The molecular weight excluding hydrogens is 242 g/mol. The standard InChI is InChI=1S/C14H9N3O2/c1-19-12(18)14(9-17)11(13(14,7-15)8-16)10-5-3-2-4-6-10/h2-6,11H,1H3/t11-,14-/m0/s1. The molecule has 1 fully saturated rings. The first kappa shape index (κ1) is 12.6. The number of carbonyl (C=O) groups excluding carboxylic acids is 1. The van der Waals surface area contributed by atoms with Gasteiger partial charge in [-0.1, -0.05) is 30.3 Å². The van der Waals surface area contributed by atoms with E-state index in [2.05, 4.69) is 4.74 Å². The fourth-order valence-electron chi connectivity index (χ4n) is 2.59. The van der Waals surface area contributed by atoms with Gasteiger partial charge >= 0.3 is 5.97 Å². The first-order chi connectivity index (χ1) is 9.14. The third kappa shape index (κ3) is 1.29. The molecule has 92 valence electrons. The van der Waals surface area contributed by atoms with Crippen LogP contribution in [0.15, 0.2) is 30.3 Å². The van der Waals surface area contributed by atoms with Gasteiger partial charge in [0.25, 0.3) is 0 Å². The van der Waals surface area contributed by atoms with Crippen molar-refractivity contribution in [2.75, 3.05) is 7.11 Å². The Kier molecular flexibility index (Phi) is 2.74. The van der Waals surface area contributed by atoms with Crippen LogP contribution in [0, 0.1) is 44.8 Å². The summed E-state index contributed by atoms with van der Waals surface area (Å²) in [5, 5.41) is 27.9. The molecule has 2 atom stereocenters. The second-order valence-corrected chi connectivity index (χ2v) is 4.29. The molecule has 1 aromatic carbocycles. The maximum Gasteiger partial charge on any atom is 0.329 e. The number of ether oxygens (including phenoxy) is 1. The molecule has 1 aliphatic carbocycles. The molecular formula is C14H9N3O2. The molecule has 0 spiro atoms. The van der Waals surface area contributed by atoms with Crippen molar-refractivity contribution in [2.24, 2.45) is 10.8 Å².